The number of carbonyl (C=O) groups is 2. The maximum atomic E-state index is 14.6. The van der Waals surface area contributed by atoms with Crippen molar-refractivity contribution in [2.24, 2.45) is 5.73 Å². The van der Waals surface area contributed by atoms with Crippen molar-refractivity contribution in [3.63, 3.8) is 0 Å². The summed E-state index contributed by atoms with van der Waals surface area (Å²) in [7, 11) is 0. The number of alkyl carbamates (subject to hydrolysis) is 1. The van der Waals surface area contributed by atoms with Crippen LogP contribution in [0, 0.1) is 11.6 Å². The Morgan fingerprint density at radius 2 is 1.89 bits per heavy atom. The number of carbonyl (C=O) groups excluding carboxylic acids is 2. The van der Waals surface area contributed by atoms with E-state index in [0.29, 0.717) is 0 Å². The zero-order valence-electron chi connectivity index (χ0n) is 20.9. The summed E-state index contributed by atoms with van der Waals surface area (Å²) in [6, 6.07) is 1.63. The van der Waals surface area contributed by atoms with E-state index in [1.807, 2.05) is 0 Å². The van der Waals surface area contributed by atoms with Crippen LogP contribution < -0.4 is 11.1 Å². The van der Waals surface area contributed by atoms with Gasteiger partial charge in [0.2, 0.25) is 0 Å². The Hall–Kier alpha value is -3.26. The molecule has 4 rings (SSSR count). The van der Waals surface area contributed by atoms with Crippen molar-refractivity contribution < 1.29 is 41.0 Å². The molecule has 1 saturated heterocycles. The van der Waals surface area contributed by atoms with Crippen molar-refractivity contribution in [1.29, 1.82) is 0 Å². The third-order valence-corrected chi connectivity index (χ3v) is 6.35. The van der Waals surface area contributed by atoms with E-state index >= 15 is 0 Å². The number of hydrogen-bond donors (Lipinski definition) is 2. The molecule has 3 N–H and O–H groups in total. The van der Waals surface area contributed by atoms with Crippen LogP contribution in [0.15, 0.2) is 18.2 Å². The molecule has 0 spiro atoms. The van der Waals surface area contributed by atoms with E-state index in [9.17, 15) is 31.5 Å². The molecule has 3 heterocycles. The molecular weight excluding hydrogens is 517 g/mol. The van der Waals surface area contributed by atoms with Crippen molar-refractivity contribution >= 4 is 12.0 Å². The summed E-state index contributed by atoms with van der Waals surface area (Å²) >= 11 is 0. The minimum atomic E-state index is -4.86. The molecule has 2 aliphatic rings. The SMILES string of the molecule is CC(C)(C)OC(=O)N[C@H]1C[C@@H](N2CCn3c(nc(C(F)(F)F)c3C(N)=O)C2)CO[C@@H]1c1cc(F)ccc1F. The molecule has 2 amide bonds. The Morgan fingerprint density at radius 3 is 2.53 bits per heavy atom. The highest BCUT2D eigenvalue weighted by Crippen LogP contribution is 2.36. The number of primary amides is 1. The largest absolute Gasteiger partial charge is 0.444 e. The smallest absolute Gasteiger partial charge is 0.435 e. The van der Waals surface area contributed by atoms with Gasteiger partial charge in [0.15, 0.2) is 5.69 Å². The van der Waals surface area contributed by atoms with Gasteiger partial charge < -0.3 is 25.1 Å². The third-order valence-electron chi connectivity index (χ3n) is 6.35. The molecule has 3 atom stereocenters. The molecule has 0 unspecified atom stereocenters. The summed E-state index contributed by atoms with van der Waals surface area (Å²) < 4.78 is 81.4. The molecule has 0 aliphatic carbocycles. The lowest BCUT2D eigenvalue weighted by Gasteiger charge is -2.43. The van der Waals surface area contributed by atoms with Gasteiger partial charge in [-0.2, -0.15) is 13.2 Å². The number of hydrogen-bond acceptors (Lipinski definition) is 6. The topological polar surface area (TPSA) is 112 Å². The zero-order chi connectivity index (χ0) is 28.0. The van der Waals surface area contributed by atoms with Crippen LogP contribution in [0.1, 0.15) is 60.9 Å². The molecule has 1 aromatic heterocycles. The second-order valence-electron chi connectivity index (χ2n) is 10.3. The molecule has 14 heteroatoms. The third kappa shape index (κ3) is 5.90. The minimum Gasteiger partial charge on any atom is -0.444 e. The van der Waals surface area contributed by atoms with Gasteiger partial charge in [0.1, 0.15) is 34.9 Å². The zero-order valence-corrected chi connectivity index (χ0v) is 20.9. The van der Waals surface area contributed by atoms with Gasteiger partial charge in [0.05, 0.1) is 19.2 Å². The summed E-state index contributed by atoms with van der Waals surface area (Å²) in [5.74, 6) is -2.62. The van der Waals surface area contributed by atoms with E-state index in [0.717, 1.165) is 22.8 Å². The lowest BCUT2D eigenvalue weighted by Crippen LogP contribution is -2.54. The molecule has 9 nitrogen and oxygen atoms in total. The van der Waals surface area contributed by atoms with Gasteiger partial charge in [0, 0.05) is 24.7 Å². The second-order valence-corrected chi connectivity index (χ2v) is 10.3. The van der Waals surface area contributed by atoms with Gasteiger partial charge in [-0.05, 0) is 45.4 Å². The van der Waals surface area contributed by atoms with Gasteiger partial charge in [-0.25, -0.2) is 18.6 Å². The van der Waals surface area contributed by atoms with Gasteiger partial charge >= 0.3 is 12.3 Å². The van der Waals surface area contributed by atoms with Crippen molar-refractivity contribution in [1.82, 2.24) is 19.8 Å². The van der Waals surface area contributed by atoms with E-state index in [1.54, 1.807) is 25.7 Å². The highest BCUT2D eigenvalue weighted by molar-refractivity contribution is 5.92. The van der Waals surface area contributed by atoms with Gasteiger partial charge in [-0.15, -0.1) is 0 Å². The van der Waals surface area contributed by atoms with Crippen LogP contribution >= 0.6 is 0 Å². The molecule has 1 aromatic carbocycles. The number of nitrogens with one attached hydrogen (secondary N) is 1. The van der Waals surface area contributed by atoms with E-state index in [-0.39, 0.29) is 44.0 Å². The average Bonchev–Trinajstić information content (AvgIpc) is 3.19. The number of amides is 2. The van der Waals surface area contributed by atoms with Crippen LogP contribution in [0.25, 0.3) is 0 Å². The predicted molar refractivity (Wildman–Crippen MR) is 123 cm³/mol. The van der Waals surface area contributed by atoms with Crippen molar-refractivity contribution in [2.75, 3.05) is 13.2 Å². The van der Waals surface area contributed by atoms with E-state index in [2.05, 4.69) is 10.3 Å². The van der Waals surface area contributed by atoms with Crippen molar-refractivity contribution in [3.8, 4) is 0 Å². The molecular formula is C24H28F5N5O4. The first-order chi connectivity index (χ1) is 17.6. The fourth-order valence-electron chi connectivity index (χ4n) is 4.81. The Kier molecular flexibility index (Phi) is 7.40. The first-order valence-electron chi connectivity index (χ1n) is 11.9. The lowest BCUT2D eigenvalue weighted by molar-refractivity contribution is -0.141. The highest BCUT2D eigenvalue weighted by Gasteiger charge is 2.43. The van der Waals surface area contributed by atoms with Crippen LogP contribution in [0.4, 0.5) is 26.7 Å². The molecule has 2 aromatic rings. The Labute approximate surface area is 215 Å². The van der Waals surface area contributed by atoms with E-state index in [4.69, 9.17) is 15.2 Å². The van der Waals surface area contributed by atoms with Crippen molar-refractivity contribution in [2.45, 2.75) is 70.2 Å². The molecule has 208 valence electrons. The Bertz CT molecular complexity index is 1230. The summed E-state index contributed by atoms with van der Waals surface area (Å²) in [5.41, 5.74) is 2.27. The quantitative estimate of drug-likeness (QED) is 0.569. The normalized spacial score (nSPS) is 22.6. The number of alkyl halides is 3. The summed E-state index contributed by atoms with van der Waals surface area (Å²) in [6.45, 7) is 5.21. The number of halogens is 5. The first-order valence-corrected chi connectivity index (χ1v) is 11.9. The number of nitrogens with zero attached hydrogens (tertiary/aromatic N) is 3. The number of benzene rings is 1. The summed E-state index contributed by atoms with van der Waals surface area (Å²) in [6.07, 6.45) is -6.50. The molecule has 0 bridgehead atoms. The van der Waals surface area contributed by atoms with Gasteiger partial charge in [-0.1, -0.05) is 0 Å². The number of fused-ring (bicyclic) bond motifs is 1. The number of rotatable bonds is 4. The highest BCUT2D eigenvalue weighted by atomic mass is 19.4. The van der Waals surface area contributed by atoms with Gasteiger partial charge in [0.25, 0.3) is 5.91 Å². The molecule has 2 aliphatic heterocycles. The molecule has 0 saturated carbocycles. The number of ether oxygens (including phenoxy) is 2. The van der Waals surface area contributed by atoms with Crippen LogP contribution in [0.5, 0.6) is 0 Å². The maximum absolute atomic E-state index is 14.6. The summed E-state index contributed by atoms with van der Waals surface area (Å²) in [5, 5.41) is 2.67. The predicted octanol–water partition coefficient (Wildman–Crippen LogP) is 3.52. The minimum absolute atomic E-state index is 0.00678. The van der Waals surface area contributed by atoms with Crippen molar-refractivity contribution in [3.05, 3.63) is 52.6 Å². The average molecular weight is 546 g/mol. The van der Waals surface area contributed by atoms with Crippen LogP contribution in [0.3, 0.4) is 0 Å². The molecule has 0 radical (unpaired) electrons. The lowest BCUT2D eigenvalue weighted by atomic mass is 9.92. The molecule has 38 heavy (non-hydrogen) atoms. The van der Waals surface area contributed by atoms with Crippen LogP contribution in [0.2, 0.25) is 0 Å². The Balaban J connectivity index is 1.58. The maximum Gasteiger partial charge on any atom is 0.435 e. The fourth-order valence-corrected chi connectivity index (χ4v) is 4.81. The molecule has 1 fully saturated rings. The standard InChI is InChI=1S/C24H28F5N5O4/c1-23(2,3)38-22(36)31-16-9-13(11-37-19(16)14-8-12(25)4-5-15(14)26)33-6-7-34-17(10-33)32-20(24(27,28)29)18(34)21(30)35/h4-5,8,13,16,19H,6-7,9-11H2,1-3H3,(H2,30,35)(H,31,36)/t13-,16+,19-/m1/s1. The van der Waals surface area contributed by atoms with Gasteiger partial charge in [-0.3, -0.25) is 9.69 Å². The summed E-state index contributed by atoms with van der Waals surface area (Å²) in [4.78, 5) is 29.8. The van der Waals surface area contributed by atoms with Crippen LogP contribution in [-0.2, 0) is 28.7 Å². The second kappa shape index (κ2) is 10.1. The fraction of sp³-hybridized carbons (Fsp3) is 0.542. The first kappa shape index (κ1) is 27.8. The van der Waals surface area contributed by atoms with Crippen LogP contribution in [-0.4, -0.2) is 57.3 Å². The number of imidazole rings is 1. The Morgan fingerprint density at radius 1 is 1.18 bits per heavy atom. The number of nitrogens with two attached hydrogens (primary N) is 1. The monoisotopic (exact) mass is 545 g/mol. The number of aromatic nitrogens is 2. The van der Waals surface area contributed by atoms with E-state index < -0.39 is 65.0 Å². The van der Waals surface area contributed by atoms with E-state index in [1.165, 1.54) is 0 Å².